The third kappa shape index (κ3) is 3.94. The molecule has 2 fully saturated rings. The van der Waals surface area contributed by atoms with Crippen LogP contribution in [0.3, 0.4) is 0 Å². The molecule has 1 aromatic carbocycles. The zero-order valence-corrected chi connectivity index (χ0v) is 16.4. The van der Waals surface area contributed by atoms with Crippen LogP contribution in [0, 0.1) is 0 Å². The minimum Gasteiger partial charge on any atom is -0.368 e. The van der Waals surface area contributed by atoms with Gasteiger partial charge in [-0.25, -0.2) is 8.42 Å². The van der Waals surface area contributed by atoms with Crippen LogP contribution < -0.4 is 0 Å². The summed E-state index contributed by atoms with van der Waals surface area (Å²) in [4.78, 5) is 14.4. The molecule has 3 rings (SSSR count). The van der Waals surface area contributed by atoms with Crippen molar-refractivity contribution in [2.45, 2.75) is 50.0 Å². The molecule has 2 heterocycles. The lowest BCUT2D eigenvalue weighted by atomic mass is 9.99. The van der Waals surface area contributed by atoms with Crippen molar-refractivity contribution in [3.05, 3.63) is 29.8 Å². The number of rotatable bonds is 5. The normalized spacial score (nSPS) is 23.2. The maximum atomic E-state index is 12.9. The lowest BCUT2D eigenvalue weighted by Crippen LogP contribution is -2.52. The third-order valence-corrected chi connectivity index (χ3v) is 7.37. The van der Waals surface area contributed by atoms with Crippen LogP contribution in [-0.4, -0.2) is 62.4 Å². The van der Waals surface area contributed by atoms with Crippen molar-refractivity contribution in [3.63, 3.8) is 0 Å². The Bertz CT molecular complexity index is 718. The number of sulfonamides is 1. The van der Waals surface area contributed by atoms with E-state index < -0.39 is 10.0 Å². The number of ether oxygens (including phenoxy) is 1. The van der Waals surface area contributed by atoms with Gasteiger partial charge in [0.15, 0.2) is 0 Å². The molecular weight excluding hydrogens is 352 g/mol. The smallest absolute Gasteiger partial charge is 0.251 e. The summed E-state index contributed by atoms with van der Waals surface area (Å²) in [5.41, 5.74) is 1.15. The Balaban J connectivity index is 1.63. The first-order valence-electron chi connectivity index (χ1n) is 9.44. The maximum Gasteiger partial charge on any atom is 0.251 e. The van der Waals surface area contributed by atoms with E-state index in [0.29, 0.717) is 43.6 Å². The molecule has 2 aliphatic rings. The van der Waals surface area contributed by atoms with E-state index in [1.165, 1.54) is 4.31 Å². The zero-order valence-electron chi connectivity index (χ0n) is 15.6. The molecule has 2 saturated heterocycles. The van der Waals surface area contributed by atoms with Crippen molar-refractivity contribution in [2.75, 3.05) is 32.8 Å². The van der Waals surface area contributed by atoms with Crippen LogP contribution in [0.15, 0.2) is 29.2 Å². The highest BCUT2D eigenvalue weighted by atomic mass is 32.2. The summed E-state index contributed by atoms with van der Waals surface area (Å²) in [6, 6.07) is 7.19. The largest absolute Gasteiger partial charge is 0.368 e. The Morgan fingerprint density at radius 3 is 2.38 bits per heavy atom. The van der Waals surface area contributed by atoms with E-state index in [1.807, 2.05) is 12.1 Å². The van der Waals surface area contributed by atoms with Gasteiger partial charge in [0.1, 0.15) is 6.10 Å². The molecule has 1 aromatic rings. The standard InChI is InChI=1S/C19H28N2O4S/c1-3-15(2)16-6-8-17(9-7-16)26(23,24)21-12-10-20(11-13-21)19(22)18-5-4-14-25-18/h6-9,15,18H,3-5,10-14H2,1-2H3/t15-,18+/m1/s1. The second kappa shape index (κ2) is 8.06. The average molecular weight is 381 g/mol. The van der Waals surface area contributed by atoms with E-state index in [9.17, 15) is 13.2 Å². The number of hydrogen-bond acceptors (Lipinski definition) is 4. The Morgan fingerprint density at radius 1 is 1.19 bits per heavy atom. The van der Waals surface area contributed by atoms with Gasteiger partial charge in [-0.3, -0.25) is 4.79 Å². The molecule has 0 aliphatic carbocycles. The lowest BCUT2D eigenvalue weighted by molar-refractivity contribution is -0.142. The Kier molecular flexibility index (Phi) is 5.99. The number of hydrogen-bond donors (Lipinski definition) is 0. The van der Waals surface area contributed by atoms with Crippen molar-refractivity contribution in [1.29, 1.82) is 0 Å². The second-order valence-corrected chi connectivity index (χ2v) is 9.05. The minimum atomic E-state index is -3.52. The molecule has 26 heavy (non-hydrogen) atoms. The summed E-state index contributed by atoms with van der Waals surface area (Å²) in [5, 5.41) is 0. The van der Waals surface area contributed by atoms with Crippen LogP contribution in [0.4, 0.5) is 0 Å². The zero-order chi connectivity index (χ0) is 18.7. The quantitative estimate of drug-likeness (QED) is 0.786. The number of carbonyl (C=O) groups is 1. The van der Waals surface area contributed by atoms with Gasteiger partial charge in [0, 0.05) is 32.8 Å². The predicted octanol–water partition coefficient (Wildman–Crippen LogP) is 2.21. The second-order valence-electron chi connectivity index (χ2n) is 7.11. The van der Waals surface area contributed by atoms with E-state index in [2.05, 4.69) is 13.8 Å². The number of piperazine rings is 1. The van der Waals surface area contributed by atoms with E-state index in [4.69, 9.17) is 4.74 Å². The molecular formula is C19H28N2O4S. The van der Waals surface area contributed by atoms with Gasteiger partial charge in [-0.15, -0.1) is 0 Å². The third-order valence-electron chi connectivity index (χ3n) is 5.45. The van der Waals surface area contributed by atoms with Crippen LogP contribution in [0.25, 0.3) is 0 Å². The van der Waals surface area contributed by atoms with Crippen molar-refractivity contribution >= 4 is 15.9 Å². The van der Waals surface area contributed by atoms with Crippen LogP contribution >= 0.6 is 0 Å². The summed E-state index contributed by atoms with van der Waals surface area (Å²) < 4.78 is 32.7. The van der Waals surface area contributed by atoms with Crippen molar-refractivity contribution in [1.82, 2.24) is 9.21 Å². The average Bonchev–Trinajstić information content (AvgIpc) is 3.21. The highest BCUT2D eigenvalue weighted by molar-refractivity contribution is 7.89. The molecule has 2 aliphatic heterocycles. The first kappa shape index (κ1) is 19.3. The van der Waals surface area contributed by atoms with Gasteiger partial charge >= 0.3 is 0 Å². The number of nitrogens with zero attached hydrogens (tertiary/aromatic N) is 2. The topological polar surface area (TPSA) is 66.9 Å². The van der Waals surface area contributed by atoms with Gasteiger partial charge in [-0.1, -0.05) is 26.0 Å². The number of carbonyl (C=O) groups excluding carboxylic acids is 1. The molecule has 0 radical (unpaired) electrons. The van der Waals surface area contributed by atoms with Crippen LogP contribution in [0.1, 0.15) is 44.6 Å². The van der Waals surface area contributed by atoms with Crippen LogP contribution in [0.2, 0.25) is 0 Å². The molecule has 0 unspecified atom stereocenters. The first-order chi connectivity index (χ1) is 12.4. The molecule has 0 aromatic heterocycles. The molecule has 7 heteroatoms. The summed E-state index contributed by atoms with van der Waals surface area (Å²) in [6.45, 7) is 6.38. The summed E-state index contributed by atoms with van der Waals surface area (Å²) >= 11 is 0. The van der Waals surface area contributed by atoms with Gasteiger partial charge in [-0.2, -0.15) is 4.31 Å². The van der Waals surface area contributed by atoms with Crippen LogP contribution in [0.5, 0.6) is 0 Å². The van der Waals surface area contributed by atoms with E-state index in [-0.39, 0.29) is 12.0 Å². The Hall–Kier alpha value is -1.44. The van der Waals surface area contributed by atoms with Crippen molar-refractivity contribution in [2.24, 2.45) is 0 Å². The fourth-order valence-electron chi connectivity index (χ4n) is 3.48. The SMILES string of the molecule is CC[C@@H](C)c1ccc(S(=O)(=O)N2CCN(C(=O)[C@@H]3CCCO3)CC2)cc1. The predicted molar refractivity (Wildman–Crippen MR) is 99.5 cm³/mol. The highest BCUT2D eigenvalue weighted by Crippen LogP contribution is 2.23. The maximum absolute atomic E-state index is 12.9. The number of amides is 1. The van der Waals surface area contributed by atoms with Gasteiger partial charge in [0.05, 0.1) is 4.90 Å². The fraction of sp³-hybridized carbons (Fsp3) is 0.632. The summed E-state index contributed by atoms with van der Waals surface area (Å²) in [6.07, 6.45) is 2.36. The van der Waals surface area contributed by atoms with Crippen LogP contribution in [-0.2, 0) is 19.6 Å². The Morgan fingerprint density at radius 2 is 1.85 bits per heavy atom. The minimum absolute atomic E-state index is 0.00236. The molecule has 0 N–H and O–H groups in total. The Labute approximate surface area is 156 Å². The molecule has 0 spiro atoms. The molecule has 0 bridgehead atoms. The first-order valence-corrected chi connectivity index (χ1v) is 10.9. The fourth-order valence-corrected chi connectivity index (χ4v) is 4.90. The van der Waals surface area contributed by atoms with E-state index in [1.54, 1.807) is 17.0 Å². The van der Waals surface area contributed by atoms with Gasteiger partial charge in [0.25, 0.3) is 5.91 Å². The van der Waals surface area contributed by atoms with E-state index >= 15 is 0 Å². The van der Waals surface area contributed by atoms with Crippen molar-refractivity contribution in [3.8, 4) is 0 Å². The molecule has 144 valence electrons. The highest BCUT2D eigenvalue weighted by Gasteiger charge is 2.33. The molecule has 1 amide bonds. The molecule has 6 nitrogen and oxygen atoms in total. The van der Waals surface area contributed by atoms with Gasteiger partial charge in [-0.05, 0) is 42.9 Å². The van der Waals surface area contributed by atoms with Gasteiger partial charge < -0.3 is 9.64 Å². The lowest BCUT2D eigenvalue weighted by Gasteiger charge is -2.35. The monoisotopic (exact) mass is 380 g/mol. The van der Waals surface area contributed by atoms with E-state index in [0.717, 1.165) is 24.8 Å². The van der Waals surface area contributed by atoms with Gasteiger partial charge in [0.2, 0.25) is 10.0 Å². The number of benzene rings is 1. The summed E-state index contributed by atoms with van der Waals surface area (Å²) in [7, 11) is -3.52. The summed E-state index contributed by atoms with van der Waals surface area (Å²) in [5.74, 6) is 0.413. The molecule has 2 atom stereocenters. The molecule has 0 saturated carbocycles. The van der Waals surface area contributed by atoms with Crippen molar-refractivity contribution < 1.29 is 17.9 Å².